The summed E-state index contributed by atoms with van der Waals surface area (Å²) in [4.78, 5) is 10.2. The van der Waals surface area contributed by atoms with E-state index in [-0.39, 0.29) is 6.42 Å². The van der Waals surface area contributed by atoms with E-state index in [0.29, 0.717) is 10.6 Å². The lowest BCUT2D eigenvalue weighted by atomic mass is 10.1. The highest BCUT2D eigenvalue weighted by Gasteiger charge is 2.24. The van der Waals surface area contributed by atoms with Crippen molar-refractivity contribution in [3.05, 3.63) is 34.9 Å². The van der Waals surface area contributed by atoms with Crippen LogP contribution >= 0.6 is 11.6 Å². The number of aliphatic carboxylic acids is 1. The Bertz CT molecular complexity index is 482. The summed E-state index contributed by atoms with van der Waals surface area (Å²) >= 11 is 5.68. The van der Waals surface area contributed by atoms with Gasteiger partial charge >= 0.3 is 0 Å². The molecule has 0 N–H and O–H groups in total. The Kier molecular flexibility index (Phi) is 16.2. The van der Waals surface area contributed by atoms with Crippen LogP contribution in [0, 0.1) is 0 Å². The van der Waals surface area contributed by atoms with Crippen molar-refractivity contribution in [2.75, 3.05) is 26.2 Å². The van der Waals surface area contributed by atoms with E-state index in [1.165, 1.54) is 82.0 Å². The quantitative estimate of drug-likeness (QED) is 0.372. The highest BCUT2D eigenvalue weighted by Crippen LogP contribution is 2.16. The topological polar surface area (TPSA) is 40.1 Å². The first-order valence-electron chi connectivity index (χ1n) is 11.2. The minimum atomic E-state index is -1.11. The number of unbranched alkanes of at least 4 members (excludes halogenated alkanes) is 4. The summed E-state index contributed by atoms with van der Waals surface area (Å²) in [6, 6.07) is 6.81. The molecule has 1 aromatic carbocycles. The van der Waals surface area contributed by atoms with Crippen LogP contribution in [0.25, 0.3) is 0 Å². The molecule has 0 radical (unpaired) electrons. The van der Waals surface area contributed by atoms with E-state index in [1.54, 1.807) is 24.3 Å². The molecule has 0 unspecified atom stereocenters. The first kappa shape index (κ1) is 26.9. The van der Waals surface area contributed by atoms with E-state index >= 15 is 0 Å². The molecule has 0 atom stereocenters. The van der Waals surface area contributed by atoms with Crippen molar-refractivity contribution in [2.45, 2.75) is 85.5 Å². The van der Waals surface area contributed by atoms with Crippen molar-refractivity contribution in [3.63, 3.8) is 0 Å². The Morgan fingerprint density at radius 2 is 1.21 bits per heavy atom. The van der Waals surface area contributed by atoms with Crippen LogP contribution in [0.3, 0.4) is 0 Å². The number of halogens is 1. The van der Waals surface area contributed by atoms with Crippen LogP contribution in [-0.4, -0.2) is 36.6 Å². The van der Waals surface area contributed by atoms with Gasteiger partial charge in [-0.3, -0.25) is 0 Å². The second kappa shape index (κ2) is 16.9. The summed E-state index contributed by atoms with van der Waals surface area (Å²) in [6.45, 7) is 15.0. The van der Waals surface area contributed by atoms with Gasteiger partial charge in [-0.05, 0) is 37.3 Å². The van der Waals surface area contributed by atoms with Gasteiger partial charge in [-0.1, -0.05) is 83.2 Å². The monoisotopic (exact) mass is 411 g/mol. The summed E-state index contributed by atoms with van der Waals surface area (Å²) in [5.41, 5.74) is 0.592. The van der Waals surface area contributed by atoms with Crippen LogP contribution in [0.2, 0.25) is 5.02 Å². The first-order chi connectivity index (χ1) is 13.4. The fourth-order valence-corrected chi connectivity index (χ4v) is 3.64. The summed E-state index contributed by atoms with van der Waals surface area (Å²) in [7, 11) is 0. The zero-order chi connectivity index (χ0) is 21.3. The molecule has 0 fully saturated rings. The van der Waals surface area contributed by atoms with Crippen LogP contribution in [0.1, 0.15) is 84.6 Å². The summed E-state index contributed by atoms with van der Waals surface area (Å²) in [5, 5.41) is 10.6. The Balaban J connectivity index is 0.000000567. The van der Waals surface area contributed by atoms with Gasteiger partial charge in [-0.25, -0.2) is 0 Å². The van der Waals surface area contributed by atoms with E-state index < -0.39 is 5.97 Å². The van der Waals surface area contributed by atoms with Crippen molar-refractivity contribution < 1.29 is 14.4 Å². The van der Waals surface area contributed by atoms with Gasteiger partial charge in [0.2, 0.25) is 0 Å². The predicted molar refractivity (Wildman–Crippen MR) is 120 cm³/mol. The third-order valence-electron chi connectivity index (χ3n) is 5.24. The minimum Gasteiger partial charge on any atom is -0.550 e. The summed E-state index contributed by atoms with van der Waals surface area (Å²) in [6.07, 6.45) is 10.9. The van der Waals surface area contributed by atoms with Gasteiger partial charge in [0.15, 0.2) is 0 Å². The highest BCUT2D eigenvalue weighted by atomic mass is 35.5. The number of benzene rings is 1. The van der Waals surface area contributed by atoms with E-state index in [0.717, 1.165) is 0 Å². The largest absolute Gasteiger partial charge is 0.550 e. The van der Waals surface area contributed by atoms with Crippen LogP contribution in [-0.2, 0) is 11.2 Å². The van der Waals surface area contributed by atoms with E-state index in [4.69, 9.17) is 11.6 Å². The number of hydrogen-bond acceptors (Lipinski definition) is 2. The molecule has 4 heteroatoms. The van der Waals surface area contributed by atoms with Crippen LogP contribution in [0.15, 0.2) is 24.3 Å². The lowest BCUT2D eigenvalue weighted by Crippen LogP contribution is -2.50. The van der Waals surface area contributed by atoms with Gasteiger partial charge in [-0.15, -0.1) is 0 Å². The van der Waals surface area contributed by atoms with Crippen molar-refractivity contribution in [3.8, 4) is 0 Å². The van der Waals surface area contributed by atoms with Gasteiger partial charge in [0.05, 0.1) is 26.2 Å². The zero-order valence-electron chi connectivity index (χ0n) is 18.6. The van der Waals surface area contributed by atoms with Crippen LogP contribution < -0.4 is 5.11 Å². The second-order valence-corrected chi connectivity index (χ2v) is 8.20. The summed E-state index contributed by atoms with van der Waals surface area (Å²) in [5.74, 6) is -1.11. The van der Waals surface area contributed by atoms with Gasteiger partial charge in [0.1, 0.15) is 0 Å². The van der Waals surface area contributed by atoms with Crippen molar-refractivity contribution in [2.24, 2.45) is 0 Å². The molecule has 0 spiro atoms. The zero-order valence-corrected chi connectivity index (χ0v) is 19.4. The smallest absolute Gasteiger partial charge is 0.0786 e. The molecule has 1 rings (SSSR count). The minimum absolute atomic E-state index is 0.125. The Labute approximate surface area is 178 Å². The molecule has 162 valence electrons. The lowest BCUT2D eigenvalue weighted by molar-refractivity contribution is -0.929. The van der Waals surface area contributed by atoms with Gasteiger partial charge < -0.3 is 14.4 Å². The van der Waals surface area contributed by atoms with Gasteiger partial charge in [-0.2, -0.15) is 0 Å². The molecule has 0 aliphatic carbocycles. The molecule has 0 bridgehead atoms. The molecule has 0 aliphatic heterocycles. The Morgan fingerprint density at radius 1 is 0.821 bits per heavy atom. The predicted octanol–water partition coefficient (Wildman–Crippen LogP) is 5.64. The van der Waals surface area contributed by atoms with Crippen molar-refractivity contribution in [1.29, 1.82) is 0 Å². The summed E-state index contributed by atoms with van der Waals surface area (Å²) < 4.78 is 1.42. The molecular formula is C24H42ClNO2. The maximum atomic E-state index is 10.2. The number of rotatable bonds is 14. The first-order valence-corrected chi connectivity index (χ1v) is 11.6. The molecule has 28 heavy (non-hydrogen) atoms. The standard InChI is InChI=1S/C16H36N.C8H7ClO2/c1-5-9-13-17(14-10-6-2,15-11-7-3)16-12-8-4;9-7-4-2-1-3-6(7)5-8(10)11/h5-16H2,1-4H3;1-4H,5H2,(H,10,11)/q+1;/p-1. The number of carbonyl (C=O) groups excluding carboxylic acids is 1. The molecule has 0 amide bonds. The van der Waals surface area contributed by atoms with E-state index in [9.17, 15) is 9.90 Å². The van der Waals surface area contributed by atoms with Gasteiger partial charge in [0.25, 0.3) is 0 Å². The van der Waals surface area contributed by atoms with E-state index in [1.807, 2.05) is 0 Å². The number of quaternary nitrogens is 1. The Morgan fingerprint density at radius 3 is 1.54 bits per heavy atom. The van der Waals surface area contributed by atoms with Crippen molar-refractivity contribution >= 4 is 17.6 Å². The maximum Gasteiger partial charge on any atom is 0.0786 e. The van der Waals surface area contributed by atoms with Gasteiger partial charge in [0, 0.05) is 17.4 Å². The SMILES string of the molecule is CCCC[N+](CCCC)(CCCC)CCCC.O=C([O-])Cc1ccccc1Cl. The third-order valence-corrected chi connectivity index (χ3v) is 5.61. The van der Waals surface area contributed by atoms with E-state index in [2.05, 4.69) is 27.7 Å². The third kappa shape index (κ3) is 12.4. The molecular weight excluding hydrogens is 370 g/mol. The highest BCUT2D eigenvalue weighted by molar-refractivity contribution is 6.31. The fraction of sp³-hybridized carbons (Fsp3) is 0.708. The number of carboxylic acid groups (broad SMARTS) is 1. The van der Waals surface area contributed by atoms with Crippen LogP contribution in [0.5, 0.6) is 0 Å². The maximum absolute atomic E-state index is 10.2. The average molecular weight is 412 g/mol. The molecule has 1 aromatic rings. The molecule has 3 nitrogen and oxygen atoms in total. The second-order valence-electron chi connectivity index (χ2n) is 7.79. The molecule has 0 aliphatic rings. The number of carbonyl (C=O) groups is 1. The molecule has 0 heterocycles. The Hall–Kier alpha value is -1.06. The molecule has 0 saturated carbocycles. The number of carboxylic acids is 1. The number of hydrogen-bond donors (Lipinski definition) is 0. The van der Waals surface area contributed by atoms with Crippen LogP contribution in [0.4, 0.5) is 0 Å². The number of nitrogens with zero attached hydrogens (tertiary/aromatic N) is 1. The fourth-order valence-electron chi connectivity index (χ4n) is 3.44. The average Bonchev–Trinajstić information content (AvgIpc) is 2.69. The lowest BCUT2D eigenvalue weighted by Gasteiger charge is -2.39. The molecule has 0 saturated heterocycles. The normalized spacial score (nSPS) is 11.0. The van der Waals surface area contributed by atoms with Crippen molar-refractivity contribution in [1.82, 2.24) is 0 Å². The molecule has 0 aromatic heterocycles.